The van der Waals surface area contributed by atoms with Gasteiger partial charge in [0.05, 0.1) is 39.5 Å². The molecule has 0 spiro atoms. The highest BCUT2D eigenvalue weighted by molar-refractivity contribution is 4.78. The normalized spacial score (nSPS) is 27.4. The fraction of sp³-hybridized carbons (Fsp3) is 1.00. The van der Waals surface area contributed by atoms with E-state index < -0.39 is 6.04 Å². The molecule has 7 heteroatoms. The minimum atomic E-state index is -0.528. The van der Waals surface area contributed by atoms with Crippen molar-refractivity contribution in [1.82, 2.24) is 9.80 Å². The molecule has 0 aromatic rings. The molecule has 20 heavy (non-hydrogen) atoms. The van der Waals surface area contributed by atoms with E-state index in [1.807, 2.05) is 0 Å². The first kappa shape index (κ1) is 15.6. The molecule has 2 fully saturated rings. The molecular formula is C13H25N3O4. The predicted octanol–water partition coefficient (Wildman–Crippen LogP) is 0.0747. The molecule has 2 rings (SSSR count). The van der Waals surface area contributed by atoms with Crippen LogP contribution in [-0.4, -0.2) is 86.0 Å². The van der Waals surface area contributed by atoms with Crippen LogP contribution in [-0.2, 0) is 9.47 Å². The molecule has 2 unspecified atom stereocenters. The Morgan fingerprint density at radius 3 is 2.55 bits per heavy atom. The SMILES string of the molecule is CCC1COCCN1CC(CN1CCOCC1)[N+](=O)[O-]. The van der Waals surface area contributed by atoms with Gasteiger partial charge in [0.2, 0.25) is 6.04 Å². The Hall–Kier alpha value is -0.760. The highest BCUT2D eigenvalue weighted by atomic mass is 16.6. The third-order valence-electron chi connectivity index (χ3n) is 4.14. The highest BCUT2D eigenvalue weighted by Gasteiger charge is 2.31. The summed E-state index contributed by atoms with van der Waals surface area (Å²) in [5.74, 6) is 0. The zero-order valence-electron chi connectivity index (χ0n) is 12.2. The van der Waals surface area contributed by atoms with Crippen LogP contribution < -0.4 is 0 Å². The van der Waals surface area contributed by atoms with E-state index in [9.17, 15) is 10.1 Å². The average molecular weight is 287 g/mol. The standard InChI is InChI=1S/C13H25N3O4/c1-2-12-11-20-8-5-15(12)10-13(16(17)18)9-14-3-6-19-7-4-14/h12-13H,2-11H2,1H3. The summed E-state index contributed by atoms with van der Waals surface area (Å²) in [7, 11) is 0. The molecule has 116 valence electrons. The lowest BCUT2D eigenvalue weighted by Gasteiger charge is -2.36. The van der Waals surface area contributed by atoms with Gasteiger partial charge in [-0.2, -0.15) is 0 Å². The molecule has 0 aromatic carbocycles. The molecular weight excluding hydrogens is 262 g/mol. The summed E-state index contributed by atoms with van der Waals surface area (Å²) < 4.78 is 10.7. The van der Waals surface area contributed by atoms with Crippen molar-refractivity contribution in [3.05, 3.63) is 10.1 Å². The molecule has 2 atom stereocenters. The Morgan fingerprint density at radius 2 is 1.90 bits per heavy atom. The molecule has 2 aliphatic heterocycles. The summed E-state index contributed by atoms with van der Waals surface area (Å²) in [6, 6.07) is -0.212. The Labute approximate surface area is 120 Å². The maximum absolute atomic E-state index is 11.3. The van der Waals surface area contributed by atoms with Gasteiger partial charge in [-0.05, 0) is 6.42 Å². The average Bonchev–Trinajstić information content (AvgIpc) is 2.48. The van der Waals surface area contributed by atoms with E-state index >= 15 is 0 Å². The van der Waals surface area contributed by atoms with Crippen molar-refractivity contribution in [2.24, 2.45) is 0 Å². The van der Waals surface area contributed by atoms with Gasteiger partial charge in [0, 0.05) is 30.6 Å². The first-order valence-corrected chi connectivity index (χ1v) is 7.46. The molecule has 0 aliphatic carbocycles. The van der Waals surface area contributed by atoms with Gasteiger partial charge in [0.15, 0.2) is 0 Å². The van der Waals surface area contributed by atoms with E-state index in [1.54, 1.807) is 0 Å². The van der Waals surface area contributed by atoms with Crippen molar-refractivity contribution in [3.63, 3.8) is 0 Å². The van der Waals surface area contributed by atoms with E-state index in [4.69, 9.17) is 9.47 Å². The maximum atomic E-state index is 11.3. The van der Waals surface area contributed by atoms with Crippen LogP contribution in [0.25, 0.3) is 0 Å². The van der Waals surface area contributed by atoms with Crippen molar-refractivity contribution in [3.8, 4) is 0 Å². The van der Waals surface area contributed by atoms with E-state index in [2.05, 4.69) is 16.7 Å². The summed E-state index contributed by atoms with van der Waals surface area (Å²) >= 11 is 0. The van der Waals surface area contributed by atoms with Gasteiger partial charge in [-0.15, -0.1) is 0 Å². The second-order valence-electron chi connectivity index (χ2n) is 5.48. The third kappa shape index (κ3) is 4.37. The predicted molar refractivity (Wildman–Crippen MR) is 74.5 cm³/mol. The van der Waals surface area contributed by atoms with Crippen molar-refractivity contribution in [2.45, 2.75) is 25.4 Å². The lowest BCUT2D eigenvalue weighted by molar-refractivity contribution is -0.524. The van der Waals surface area contributed by atoms with E-state index in [1.165, 1.54) is 0 Å². The van der Waals surface area contributed by atoms with Crippen LogP contribution in [0.2, 0.25) is 0 Å². The lowest BCUT2D eigenvalue weighted by atomic mass is 10.1. The van der Waals surface area contributed by atoms with Crippen molar-refractivity contribution in [1.29, 1.82) is 0 Å². The Kier molecular flexibility index (Phi) is 6.15. The van der Waals surface area contributed by atoms with Crippen LogP contribution in [0.5, 0.6) is 0 Å². The number of rotatable bonds is 6. The summed E-state index contributed by atoms with van der Waals surface area (Å²) in [4.78, 5) is 15.6. The topological polar surface area (TPSA) is 68.1 Å². The fourth-order valence-electron chi connectivity index (χ4n) is 2.85. The molecule has 0 amide bonds. The number of hydrogen-bond acceptors (Lipinski definition) is 6. The number of nitrogens with zero attached hydrogens (tertiary/aromatic N) is 3. The second kappa shape index (κ2) is 7.87. The van der Waals surface area contributed by atoms with Crippen LogP contribution in [0.1, 0.15) is 13.3 Å². The number of morpholine rings is 2. The van der Waals surface area contributed by atoms with Crippen molar-refractivity contribution < 1.29 is 14.4 Å². The fourth-order valence-corrected chi connectivity index (χ4v) is 2.85. The third-order valence-corrected chi connectivity index (χ3v) is 4.14. The molecule has 2 saturated heterocycles. The molecule has 0 N–H and O–H groups in total. The minimum absolute atomic E-state index is 0.127. The van der Waals surface area contributed by atoms with Gasteiger partial charge in [-0.1, -0.05) is 6.92 Å². The van der Waals surface area contributed by atoms with Crippen LogP contribution in [0, 0.1) is 10.1 Å². The Morgan fingerprint density at radius 1 is 1.20 bits per heavy atom. The van der Waals surface area contributed by atoms with Gasteiger partial charge in [-0.25, -0.2) is 0 Å². The quantitative estimate of drug-likeness (QED) is 0.509. The summed E-state index contributed by atoms with van der Waals surface area (Å²) in [6.07, 6.45) is 0.974. The van der Waals surface area contributed by atoms with Gasteiger partial charge in [0.1, 0.15) is 0 Å². The zero-order valence-corrected chi connectivity index (χ0v) is 12.2. The van der Waals surface area contributed by atoms with Crippen LogP contribution in [0.15, 0.2) is 0 Å². The monoisotopic (exact) mass is 287 g/mol. The molecule has 2 heterocycles. The molecule has 0 saturated carbocycles. The second-order valence-corrected chi connectivity index (χ2v) is 5.48. The number of ether oxygens (including phenoxy) is 2. The lowest BCUT2D eigenvalue weighted by Crippen LogP contribution is -2.53. The summed E-state index contributed by atoms with van der Waals surface area (Å²) in [5, 5.41) is 11.3. The molecule has 0 bridgehead atoms. The zero-order chi connectivity index (χ0) is 14.4. The van der Waals surface area contributed by atoms with Crippen LogP contribution in [0.3, 0.4) is 0 Å². The number of nitro groups is 1. The Bertz CT molecular complexity index is 310. The smallest absolute Gasteiger partial charge is 0.238 e. The van der Waals surface area contributed by atoms with Crippen molar-refractivity contribution in [2.75, 3.05) is 59.2 Å². The van der Waals surface area contributed by atoms with E-state index in [-0.39, 0.29) is 4.92 Å². The molecule has 7 nitrogen and oxygen atoms in total. The number of hydrogen-bond donors (Lipinski definition) is 0. The van der Waals surface area contributed by atoms with Crippen LogP contribution in [0.4, 0.5) is 0 Å². The van der Waals surface area contributed by atoms with Crippen LogP contribution >= 0.6 is 0 Å². The Balaban J connectivity index is 1.88. The molecule has 0 radical (unpaired) electrons. The minimum Gasteiger partial charge on any atom is -0.379 e. The molecule has 2 aliphatic rings. The highest BCUT2D eigenvalue weighted by Crippen LogP contribution is 2.12. The largest absolute Gasteiger partial charge is 0.379 e. The van der Waals surface area contributed by atoms with E-state index in [0.717, 1.165) is 26.1 Å². The van der Waals surface area contributed by atoms with Gasteiger partial charge in [-0.3, -0.25) is 19.9 Å². The van der Waals surface area contributed by atoms with Gasteiger partial charge in [0.25, 0.3) is 0 Å². The van der Waals surface area contributed by atoms with Gasteiger partial charge >= 0.3 is 0 Å². The van der Waals surface area contributed by atoms with Gasteiger partial charge < -0.3 is 9.47 Å². The first-order valence-electron chi connectivity index (χ1n) is 7.46. The van der Waals surface area contributed by atoms with E-state index in [0.29, 0.717) is 45.6 Å². The first-order chi connectivity index (χ1) is 9.70. The summed E-state index contributed by atoms with van der Waals surface area (Å²) in [6.45, 7) is 8.27. The summed E-state index contributed by atoms with van der Waals surface area (Å²) in [5.41, 5.74) is 0. The molecule has 0 aromatic heterocycles. The maximum Gasteiger partial charge on any atom is 0.238 e. The van der Waals surface area contributed by atoms with Crippen molar-refractivity contribution >= 4 is 0 Å².